The number of amides is 3. The molecule has 2 rings (SSSR count). The quantitative estimate of drug-likeness (QED) is 0.802. The summed E-state index contributed by atoms with van der Waals surface area (Å²) in [5.41, 5.74) is 6.41. The van der Waals surface area contributed by atoms with Gasteiger partial charge in [-0.1, -0.05) is 25.5 Å². The van der Waals surface area contributed by atoms with Crippen molar-refractivity contribution in [2.75, 3.05) is 0 Å². The van der Waals surface area contributed by atoms with Crippen LogP contribution in [0, 0.1) is 5.82 Å². The van der Waals surface area contributed by atoms with Gasteiger partial charge in [-0.3, -0.25) is 9.69 Å². The number of nitrogens with zero attached hydrogens (tertiary/aromatic N) is 1. The molecular weight excluding hydrogens is 261 g/mol. The number of nitrogens with one attached hydrogen (secondary N) is 1. The smallest absolute Gasteiger partial charge is 0.325 e. The highest BCUT2D eigenvalue weighted by Crippen LogP contribution is 2.17. The van der Waals surface area contributed by atoms with Crippen molar-refractivity contribution in [1.82, 2.24) is 10.2 Å². The average molecular weight is 279 g/mol. The molecule has 6 heteroatoms. The number of carbonyl (C=O) groups is 2. The molecule has 1 saturated heterocycles. The molecule has 1 heterocycles. The van der Waals surface area contributed by atoms with Gasteiger partial charge in [0.15, 0.2) is 0 Å². The molecule has 0 aliphatic carbocycles. The highest BCUT2D eigenvalue weighted by atomic mass is 19.1. The standard InChI is InChI=1S/C14H18FN3O2/c1-2-3-12-13(19)18(14(20)17-12)8-10-5-4-9(7-16)6-11(10)15/h4-6,12H,2-3,7-8,16H2,1H3,(H,17,20). The van der Waals surface area contributed by atoms with Crippen LogP contribution in [0.15, 0.2) is 18.2 Å². The highest BCUT2D eigenvalue weighted by molar-refractivity contribution is 6.04. The van der Waals surface area contributed by atoms with Crippen LogP contribution in [0.4, 0.5) is 9.18 Å². The predicted octanol–water partition coefficient (Wildman–Crippen LogP) is 1.50. The van der Waals surface area contributed by atoms with Crippen LogP contribution in [-0.4, -0.2) is 22.9 Å². The van der Waals surface area contributed by atoms with Crippen LogP contribution in [-0.2, 0) is 17.9 Å². The molecule has 0 bridgehead atoms. The zero-order chi connectivity index (χ0) is 14.7. The molecule has 1 aromatic carbocycles. The lowest BCUT2D eigenvalue weighted by Crippen LogP contribution is -2.31. The lowest BCUT2D eigenvalue weighted by molar-refractivity contribution is -0.128. The first-order valence-corrected chi connectivity index (χ1v) is 6.66. The van der Waals surface area contributed by atoms with Crippen LogP contribution in [0.5, 0.6) is 0 Å². The molecule has 1 fully saturated rings. The highest BCUT2D eigenvalue weighted by Gasteiger charge is 2.37. The zero-order valence-corrected chi connectivity index (χ0v) is 11.4. The fraction of sp³-hybridized carbons (Fsp3) is 0.429. The minimum atomic E-state index is -0.487. The van der Waals surface area contributed by atoms with Gasteiger partial charge in [-0.05, 0) is 18.1 Å². The Hall–Kier alpha value is -1.95. The summed E-state index contributed by atoms with van der Waals surface area (Å²) in [6.07, 6.45) is 1.39. The van der Waals surface area contributed by atoms with Crippen molar-refractivity contribution >= 4 is 11.9 Å². The first-order valence-electron chi connectivity index (χ1n) is 6.66. The maximum atomic E-state index is 13.9. The number of imide groups is 1. The number of nitrogens with two attached hydrogens (primary N) is 1. The molecule has 108 valence electrons. The monoisotopic (exact) mass is 279 g/mol. The number of halogens is 1. The zero-order valence-electron chi connectivity index (χ0n) is 11.4. The summed E-state index contributed by atoms with van der Waals surface area (Å²) in [5, 5.41) is 2.61. The molecule has 0 radical (unpaired) electrons. The van der Waals surface area contributed by atoms with Gasteiger partial charge < -0.3 is 11.1 Å². The number of benzene rings is 1. The molecule has 20 heavy (non-hydrogen) atoms. The molecule has 3 amide bonds. The van der Waals surface area contributed by atoms with Gasteiger partial charge >= 0.3 is 6.03 Å². The summed E-state index contributed by atoms with van der Waals surface area (Å²) < 4.78 is 13.9. The SMILES string of the molecule is CCCC1NC(=O)N(Cc2ccc(CN)cc2F)C1=O. The minimum absolute atomic E-state index is 0.0540. The van der Waals surface area contributed by atoms with Gasteiger partial charge in [0.2, 0.25) is 0 Å². The van der Waals surface area contributed by atoms with E-state index in [-0.39, 0.29) is 19.0 Å². The molecule has 1 unspecified atom stereocenters. The van der Waals surface area contributed by atoms with Gasteiger partial charge in [0.25, 0.3) is 5.91 Å². The number of carbonyl (C=O) groups excluding carboxylic acids is 2. The topological polar surface area (TPSA) is 75.4 Å². The van der Waals surface area contributed by atoms with Crippen LogP contribution in [0.1, 0.15) is 30.9 Å². The number of hydrogen-bond donors (Lipinski definition) is 2. The van der Waals surface area contributed by atoms with E-state index >= 15 is 0 Å². The second-order valence-corrected chi connectivity index (χ2v) is 4.85. The maximum Gasteiger partial charge on any atom is 0.325 e. The van der Waals surface area contributed by atoms with Crippen molar-refractivity contribution in [3.05, 3.63) is 35.1 Å². The van der Waals surface area contributed by atoms with E-state index < -0.39 is 17.9 Å². The fourth-order valence-electron chi connectivity index (χ4n) is 2.23. The van der Waals surface area contributed by atoms with Crippen molar-refractivity contribution in [3.63, 3.8) is 0 Å². The van der Waals surface area contributed by atoms with Crippen molar-refractivity contribution in [3.8, 4) is 0 Å². The van der Waals surface area contributed by atoms with Crippen LogP contribution in [0.25, 0.3) is 0 Å². The Morgan fingerprint density at radius 2 is 2.15 bits per heavy atom. The number of rotatable bonds is 5. The molecular formula is C14H18FN3O2. The molecule has 1 aliphatic rings. The molecule has 1 atom stereocenters. The Morgan fingerprint density at radius 1 is 1.40 bits per heavy atom. The first kappa shape index (κ1) is 14.5. The molecule has 0 aromatic heterocycles. The van der Waals surface area contributed by atoms with Gasteiger partial charge in [-0.25, -0.2) is 9.18 Å². The van der Waals surface area contributed by atoms with Gasteiger partial charge in [0.05, 0.1) is 6.54 Å². The summed E-state index contributed by atoms with van der Waals surface area (Å²) in [6.45, 7) is 2.13. The van der Waals surface area contributed by atoms with Crippen molar-refractivity contribution in [1.29, 1.82) is 0 Å². The lowest BCUT2D eigenvalue weighted by atomic mass is 10.1. The van der Waals surface area contributed by atoms with E-state index in [1.165, 1.54) is 6.07 Å². The largest absolute Gasteiger partial charge is 0.326 e. The first-order chi connectivity index (χ1) is 9.56. The summed E-state index contributed by atoms with van der Waals surface area (Å²) in [6, 6.07) is 3.64. The molecule has 3 N–H and O–H groups in total. The Morgan fingerprint density at radius 3 is 2.75 bits per heavy atom. The second-order valence-electron chi connectivity index (χ2n) is 4.85. The third-order valence-corrected chi connectivity index (χ3v) is 3.37. The Balaban J connectivity index is 2.13. The van der Waals surface area contributed by atoms with Crippen molar-refractivity contribution in [2.24, 2.45) is 5.73 Å². The van der Waals surface area contributed by atoms with Crippen LogP contribution < -0.4 is 11.1 Å². The van der Waals surface area contributed by atoms with E-state index in [1.54, 1.807) is 12.1 Å². The van der Waals surface area contributed by atoms with E-state index in [9.17, 15) is 14.0 Å². The number of hydrogen-bond acceptors (Lipinski definition) is 3. The van der Waals surface area contributed by atoms with Gasteiger partial charge in [0, 0.05) is 12.1 Å². The van der Waals surface area contributed by atoms with Gasteiger partial charge in [-0.15, -0.1) is 0 Å². The Kier molecular flexibility index (Phi) is 4.34. The van der Waals surface area contributed by atoms with E-state index in [1.807, 2.05) is 6.92 Å². The molecule has 0 saturated carbocycles. The molecule has 1 aliphatic heterocycles. The van der Waals surface area contributed by atoms with Crippen LogP contribution in [0.3, 0.4) is 0 Å². The molecule has 5 nitrogen and oxygen atoms in total. The fourth-order valence-corrected chi connectivity index (χ4v) is 2.23. The summed E-state index contributed by atoms with van der Waals surface area (Å²) in [4.78, 5) is 24.9. The van der Waals surface area contributed by atoms with Gasteiger partial charge in [-0.2, -0.15) is 0 Å². The number of urea groups is 1. The summed E-state index contributed by atoms with van der Waals surface area (Å²) >= 11 is 0. The Bertz CT molecular complexity index is 533. The minimum Gasteiger partial charge on any atom is -0.326 e. The third-order valence-electron chi connectivity index (χ3n) is 3.37. The summed E-state index contributed by atoms with van der Waals surface area (Å²) in [7, 11) is 0. The second kappa shape index (κ2) is 6.00. The Labute approximate surface area is 116 Å². The van der Waals surface area contributed by atoms with Crippen molar-refractivity contribution < 1.29 is 14.0 Å². The van der Waals surface area contributed by atoms with Crippen LogP contribution >= 0.6 is 0 Å². The normalized spacial score (nSPS) is 18.6. The third kappa shape index (κ3) is 2.80. The van der Waals surface area contributed by atoms with E-state index in [0.717, 1.165) is 11.3 Å². The van der Waals surface area contributed by atoms with Crippen LogP contribution in [0.2, 0.25) is 0 Å². The van der Waals surface area contributed by atoms with E-state index in [0.29, 0.717) is 17.5 Å². The van der Waals surface area contributed by atoms with E-state index in [2.05, 4.69) is 5.32 Å². The van der Waals surface area contributed by atoms with Crippen molar-refractivity contribution in [2.45, 2.75) is 38.9 Å². The lowest BCUT2D eigenvalue weighted by Gasteiger charge is -2.14. The average Bonchev–Trinajstić information content (AvgIpc) is 2.69. The van der Waals surface area contributed by atoms with E-state index in [4.69, 9.17) is 5.73 Å². The van der Waals surface area contributed by atoms with Gasteiger partial charge in [0.1, 0.15) is 11.9 Å². The molecule has 0 spiro atoms. The predicted molar refractivity (Wildman–Crippen MR) is 72.1 cm³/mol. The summed E-state index contributed by atoms with van der Waals surface area (Å²) in [5.74, 6) is -0.744. The maximum absolute atomic E-state index is 13.9. The molecule has 1 aromatic rings.